The Morgan fingerprint density at radius 1 is 1.25 bits per heavy atom. The first-order chi connectivity index (χ1) is 9.19. The predicted octanol–water partition coefficient (Wildman–Crippen LogP) is 4.28. The monoisotopic (exact) mass is 293 g/mol. The largest absolute Gasteiger partial charge is 0.443 e. The molecule has 0 atom stereocenters. The Balaban J connectivity index is 2.61. The second-order valence-corrected chi connectivity index (χ2v) is 6.05. The van der Waals surface area contributed by atoms with Crippen LogP contribution in [-0.2, 0) is 4.74 Å². The number of Topliss-reactive ketones (excluding diaryl/α,β-unsaturated/α-hetero) is 1. The van der Waals surface area contributed by atoms with E-state index >= 15 is 0 Å². The van der Waals surface area contributed by atoms with Gasteiger partial charge in [-0.1, -0.05) is 17.7 Å². The Kier molecular flexibility index (Phi) is 3.61. The highest BCUT2D eigenvalue weighted by molar-refractivity contribution is 6.31. The van der Waals surface area contributed by atoms with Gasteiger partial charge in [0.05, 0.1) is 5.52 Å². The first-order valence-corrected chi connectivity index (χ1v) is 6.62. The van der Waals surface area contributed by atoms with Crippen LogP contribution in [0.15, 0.2) is 24.4 Å². The first-order valence-electron chi connectivity index (χ1n) is 6.24. The van der Waals surface area contributed by atoms with Crippen LogP contribution in [-0.4, -0.2) is 22.0 Å². The number of hydrogen-bond donors (Lipinski definition) is 0. The molecule has 1 aromatic carbocycles. The molecular weight excluding hydrogens is 278 g/mol. The molecule has 0 N–H and O–H groups in total. The predicted molar refractivity (Wildman–Crippen MR) is 78.6 cm³/mol. The lowest BCUT2D eigenvalue weighted by Gasteiger charge is -2.19. The van der Waals surface area contributed by atoms with E-state index in [2.05, 4.69) is 0 Å². The van der Waals surface area contributed by atoms with Gasteiger partial charge < -0.3 is 4.74 Å². The molecule has 0 saturated carbocycles. The van der Waals surface area contributed by atoms with Crippen molar-refractivity contribution in [1.29, 1.82) is 0 Å². The van der Waals surface area contributed by atoms with Gasteiger partial charge >= 0.3 is 6.09 Å². The summed E-state index contributed by atoms with van der Waals surface area (Å²) in [5, 5.41) is 1.18. The van der Waals surface area contributed by atoms with Crippen molar-refractivity contribution in [2.75, 3.05) is 0 Å². The maximum atomic E-state index is 12.2. The van der Waals surface area contributed by atoms with Gasteiger partial charge in [-0.05, 0) is 39.8 Å². The maximum Gasteiger partial charge on any atom is 0.419 e. The lowest BCUT2D eigenvalue weighted by Crippen LogP contribution is -2.26. The second-order valence-electron chi connectivity index (χ2n) is 5.61. The van der Waals surface area contributed by atoms with E-state index in [0.717, 1.165) is 0 Å². The SMILES string of the molecule is CC(=O)c1cn(C(=O)OC(C)(C)C)c2cc(Cl)ccc12. The number of hydrogen-bond acceptors (Lipinski definition) is 3. The highest BCUT2D eigenvalue weighted by Crippen LogP contribution is 2.26. The van der Waals surface area contributed by atoms with E-state index in [9.17, 15) is 9.59 Å². The standard InChI is InChI=1S/C15H16ClNO3/c1-9(18)12-8-17(14(19)20-15(2,3)4)13-7-10(16)5-6-11(12)13/h5-8H,1-4H3. The average molecular weight is 294 g/mol. The van der Waals surface area contributed by atoms with Crippen LogP contribution in [0.5, 0.6) is 0 Å². The molecule has 0 unspecified atom stereocenters. The number of nitrogens with zero attached hydrogens (tertiary/aromatic N) is 1. The fraction of sp³-hybridized carbons (Fsp3) is 0.333. The van der Waals surface area contributed by atoms with E-state index in [4.69, 9.17) is 16.3 Å². The van der Waals surface area contributed by atoms with Gasteiger partial charge in [0.25, 0.3) is 0 Å². The molecule has 0 aliphatic heterocycles. The number of aromatic nitrogens is 1. The lowest BCUT2D eigenvalue weighted by molar-refractivity contribution is 0.0544. The molecule has 2 rings (SSSR count). The Hall–Kier alpha value is -1.81. The highest BCUT2D eigenvalue weighted by Gasteiger charge is 2.21. The van der Waals surface area contributed by atoms with Crippen LogP contribution in [0.2, 0.25) is 5.02 Å². The van der Waals surface area contributed by atoms with Crippen molar-refractivity contribution in [3.63, 3.8) is 0 Å². The zero-order chi connectivity index (χ0) is 15.1. The summed E-state index contributed by atoms with van der Waals surface area (Å²) in [6, 6.07) is 5.07. The van der Waals surface area contributed by atoms with Crippen LogP contribution < -0.4 is 0 Å². The summed E-state index contributed by atoms with van der Waals surface area (Å²) in [5.41, 5.74) is 0.433. The lowest BCUT2D eigenvalue weighted by atomic mass is 10.1. The molecule has 1 aromatic heterocycles. The van der Waals surface area contributed by atoms with Gasteiger partial charge in [-0.25, -0.2) is 4.79 Å². The molecule has 0 aliphatic rings. The number of halogens is 1. The van der Waals surface area contributed by atoms with Crippen molar-refractivity contribution in [3.05, 3.63) is 35.0 Å². The van der Waals surface area contributed by atoms with Crippen LogP contribution in [0.1, 0.15) is 38.1 Å². The third-order valence-electron chi connectivity index (χ3n) is 2.74. The van der Waals surface area contributed by atoms with Gasteiger partial charge in [0, 0.05) is 22.2 Å². The number of fused-ring (bicyclic) bond motifs is 1. The zero-order valence-electron chi connectivity index (χ0n) is 11.9. The van der Waals surface area contributed by atoms with Crippen molar-refractivity contribution in [2.24, 2.45) is 0 Å². The first kappa shape index (κ1) is 14.6. The number of ketones is 1. The Bertz CT molecular complexity index is 695. The fourth-order valence-electron chi connectivity index (χ4n) is 1.94. The van der Waals surface area contributed by atoms with E-state index in [1.165, 1.54) is 17.7 Å². The summed E-state index contributed by atoms with van der Waals surface area (Å²) < 4.78 is 6.66. The van der Waals surface area contributed by atoms with Crippen molar-refractivity contribution in [3.8, 4) is 0 Å². The molecule has 0 radical (unpaired) electrons. The molecule has 0 amide bonds. The van der Waals surface area contributed by atoms with Gasteiger partial charge in [-0.3, -0.25) is 9.36 Å². The molecule has 20 heavy (non-hydrogen) atoms. The molecule has 0 spiro atoms. The van der Waals surface area contributed by atoms with E-state index < -0.39 is 11.7 Å². The summed E-state index contributed by atoms with van der Waals surface area (Å²) in [7, 11) is 0. The highest BCUT2D eigenvalue weighted by atomic mass is 35.5. The number of benzene rings is 1. The molecule has 0 fully saturated rings. The quantitative estimate of drug-likeness (QED) is 0.737. The minimum Gasteiger partial charge on any atom is -0.443 e. The summed E-state index contributed by atoms with van der Waals surface area (Å²) in [5.74, 6) is -0.111. The van der Waals surface area contributed by atoms with Crippen LogP contribution in [0.25, 0.3) is 10.9 Å². The zero-order valence-corrected chi connectivity index (χ0v) is 12.6. The molecule has 0 aliphatic carbocycles. The summed E-state index contributed by atoms with van der Waals surface area (Å²) in [4.78, 5) is 23.9. The Labute approximate surface area is 122 Å². The van der Waals surface area contributed by atoms with E-state index in [1.54, 1.807) is 39.0 Å². The van der Waals surface area contributed by atoms with Gasteiger partial charge in [-0.15, -0.1) is 0 Å². The smallest absolute Gasteiger partial charge is 0.419 e. The third kappa shape index (κ3) is 2.85. The van der Waals surface area contributed by atoms with Gasteiger partial charge in [0.1, 0.15) is 5.60 Å². The third-order valence-corrected chi connectivity index (χ3v) is 2.97. The molecule has 0 saturated heterocycles. The molecule has 106 valence electrons. The second kappa shape index (κ2) is 4.94. The van der Waals surface area contributed by atoms with Crippen LogP contribution in [0.4, 0.5) is 4.79 Å². The number of ether oxygens (including phenoxy) is 1. The molecule has 2 aromatic rings. The van der Waals surface area contributed by atoms with E-state index in [0.29, 0.717) is 21.5 Å². The summed E-state index contributed by atoms with van der Waals surface area (Å²) in [6.07, 6.45) is 0.967. The van der Waals surface area contributed by atoms with Crippen molar-refractivity contribution < 1.29 is 14.3 Å². The van der Waals surface area contributed by atoms with Gasteiger partial charge in [0.15, 0.2) is 5.78 Å². The molecule has 0 bridgehead atoms. The molecule has 1 heterocycles. The minimum atomic E-state index is -0.608. The Morgan fingerprint density at radius 3 is 2.45 bits per heavy atom. The van der Waals surface area contributed by atoms with E-state index in [-0.39, 0.29) is 5.78 Å². The number of rotatable bonds is 1. The number of carbonyl (C=O) groups excluding carboxylic acids is 2. The van der Waals surface area contributed by atoms with Crippen molar-refractivity contribution in [1.82, 2.24) is 4.57 Å². The Morgan fingerprint density at radius 2 is 1.90 bits per heavy atom. The molecule has 5 heteroatoms. The van der Waals surface area contributed by atoms with Crippen molar-refractivity contribution in [2.45, 2.75) is 33.3 Å². The summed E-state index contributed by atoms with van der Waals surface area (Å²) >= 11 is 5.97. The number of carbonyl (C=O) groups is 2. The van der Waals surface area contributed by atoms with Gasteiger partial charge in [0.2, 0.25) is 0 Å². The molecular formula is C15H16ClNO3. The van der Waals surface area contributed by atoms with Crippen LogP contribution in [0.3, 0.4) is 0 Å². The van der Waals surface area contributed by atoms with Crippen molar-refractivity contribution >= 4 is 34.4 Å². The van der Waals surface area contributed by atoms with E-state index in [1.807, 2.05) is 0 Å². The summed E-state index contributed by atoms with van der Waals surface area (Å²) in [6.45, 7) is 6.82. The fourth-order valence-corrected chi connectivity index (χ4v) is 2.11. The van der Waals surface area contributed by atoms with Gasteiger partial charge in [-0.2, -0.15) is 0 Å². The van der Waals surface area contributed by atoms with Crippen LogP contribution in [0, 0.1) is 0 Å². The maximum absolute atomic E-state index is 12.2. The average Bonchev–Trinajstić information content (AvgIpc) is 2.65. The minimum absolute atomic E-state index is 0.111. The topological polar surface area (TPSA) is 48.3 Å². The normalized spacial score (nSPS) is 11.7. The van der Waals surface area contributed by atoms with Crippen LogP contribution >= 0.6 is 11.6 Å². The molecule has 4 nitrogen and oxygen atoms in total.